The van der Waals surface area contributed by atoms with Crippen molar-refractivity contribution in [3.63, 3.8) is 0 Å². The molecule has 0 amide bonds. The molecule has 0 aliphatic rings. The van der Waals surface area contributed by atoms with Crippen molar-refractivity contribution in [2.75, 3.05) is 0 Å². The molecular weight excluding hydrogens is 463 g/mol. The average Bonchev–Trinajstić information content (AvgIpc) is 2.80. The van der Waals surface area contributed by atoms with Crippen LogP contribution in [0, 0.1) is 0 Å². The second kappa shape index (κ2) is 6.93. The van der Waals surface area contributed by atoms with Crippen LogP contribution in [0.4, 0.5) is 0 Å². The summed E-state index contributed by atoms with van der Waals surface area (Å²) in [5.74, 6) is 0. The Morgan fingerprint density at radius 3 is 1.78 bits per heavy atom. The van der Waals surface area contributed by atoms with Crippen molar-refractivity contribution in [2.24, 2.45) is 0 Å². The molecular formula is C20H30N2Pt. The summed E-state index contributed by atoms with van der Waals surface area (Å²) in [6.07, 6.45) is 0. The molecule has 130 valence electrons. The molecule has 1 heterocycles. The van der Waals surface area contributed by atoms with Crippen molar-refractivity contribution in [1.29, 1.82) is 0 Å². The summed E-state index contributed by atoms with van der Waals surface area (Å²) >= 11 is 0. The van der Waals surface area contributed by atoms with Crippen LogP contribution in [0.2, 0.25) is 0 Å². The molecule has 2 nitrogen and oxygen atoms in total. The van der Waals surface area contributed by atoms with Gasteiger partial charge < -0.3 is 0 Å². The Kier molecular flexibility index (Phi) is 6.08. The van der Waals surface area contributed by atoms with E-state index in [1.807, 2.05) is 0 Å². The molecule has 0 atom stereocenters. The molecule has 1 aromatic carbocycles. The van der Waals surface area contributed by atoms with Gasteiger partial charge in [0, 0.05) is 43.5 Å². The number of rotatable bonds is 2. The monoisotopic (exact) mass is 493 g/mol. The Balaban J connectivity index is 0.00000264. The van der Waals surface area contributed by atoms with Crippen LogP contribution >= 0.6 is 0 Å². The van der Waals surface area contributed by atoms with Crippen LogP contribution in [0.1, 0.15) is 72.8 Å². The molecule has 0 radical (unpaired) electrons. The minimum atomic E-state index is 0. The molecule has 0 saturated heterocycles. The molecule has 0 saturated carbocycles. The number of benzene rings is 1. The van der Waals surface area contributed by atoms with Gasteiger partial charge in [0.15, 0.2) is 0 Å². The Hall–Kier alpha value is -0.882. The van der Waals surface area contributed by atoms with E-state index in [1.54, 1.807) is 0 Å². The van der Waals surface area contributed by atoms with E-state index in [1.165, 1.54) is 22.5 Å². The average molecular weight is 494 g/mol. The fourth-order valence-corrected chi connectivity index (χ4v) is 2.93. The quantitative estimate of drug-likeness (QED) is 0.523. The molecule has 0 aliphatic carbocycles. The van der Waals surface area contributed by atoms with Crippen molar-refractivity contribution in [1.82, 2.24) is 9.78 Å². The molecule has 0 fully saturated rings. The van der Waals surface area contributed by atoms with Crippen LogP contribution in [0.15, 0.2) is 30.3 Å². The first-order valence-electron chi connectivity index (χ1n) is 8.22. The third kappa shape index (κ3) is 4.15. The maximum atomic E-state index is 5.04. The predicted molar refractivity (Wildman–Crippen MR) is 95.4 cm³/mol. The molecule has 0 bridgehead atoms. The molecule has 2 rings (SSSR count). The van der Waals surface area contributed by atoms with Crippen molar-refractivity contribution in [3.05, 3.63) is 41.7 Å². The van der Waals surface area contributed by atoms with Gasteiger partial charge in [0.1, 0.15) is 0 Å². The van der Waals surface area contributed by atoms with Gasteiger partial charge in [-0.2, -0.15) is 5.10 Å². The van der Waals surface area contributed by atoms with Gasteiger partial charge in [-0.25, -0.2) is 0 Å². The number of hydrogen-bond donors (Lipinski definition) is 0. The van der Waals surface area contributed by atoms with Crippen LogP contribution in [-0.2, 0) is 31.9 Å². The van der Waals surface area contributed by atoms with Crippen molar-refractivity contribution >= 4 is 0 Å². The predicted octanol–water partition coefficient (Wildman–Crippen LogP) is 5.72. The van der Waals surface area contributed by atoms with Crippen LogP contribution < -0.4 is 0 Å². The standard InChI is InChI=1S/C20H30N2.Pt/c1-14(2)22-18(20(6,7)8)16(15-12-10-9-11-13-15)17(21-22)19(3,4)5;/h9-14H,1-8H3;. The molecule has 0 spiro atoms. The first-order chi connectivity index (χ1) is 10.0. The third-order valence-electron chi connectivity index (χ3n) is 3.88. The minimum absolute atomic E-state index is 0. The number of aromatic nitrogens is 2. The van der Waals surface area contributed by atoms with E-state index < -0.39 is 0 Å². The van der Waals surface area contributed by atoms with E-state index in [0.29, 0.717) is 6.04 Å². The van der Waals surface area contributed by atoms with Gasteiger partial charge in [-0.1, -0.05) is 71.9 Å². The zero-order valence-corrected chi connectivity index (χ0v) is 17.9. The Labute approximate surface area is 155 Å². The van der Waals surface area contributed by atoms with Gasteiger partial charge in [-0.05, 0) is 19.4 Å². The maximum Gasteiger partial charge on any atom is 0.0759 e. The summed E-state index contributed by atoms with van der Waals surface area (Å²) in [7, 11) is 0. The van der Waals surface area contributed by atoms with E-state index >= 15 is 0 Å². The molecule has 2 aromatic rings. The van der Waals surface area contributed by atoms with Crippen LogP contribution in [0.3, 0.4) is 0 Å². The Morgan fingerprint density at radius 1 is 0.870 bits per heavy atom. The van der Waals surface area contributed by atoms with Gasteiger partial charge in [0.25, 0.3) is 0 Å². The zero-order chi connectivity index (χ0) is 16.7. The molecule has 3 heteroatoms. The fourth-order valence-electron chi connectivity index (χ4n) is 2.93. The first kappa shape index (κ1) is 20.2. The largest absolute Gasteiger partial charge is 0.266 e. The topological polar surface area (TPSA) is 17.8 Å². The summed E-state index contributed by atoms with van der Waals surface area (Å²) < 4.78 is 2.23. The van der Waals surface area contributed by atoms with E-state index in [9.17, 15) is 0 Å². The summed E-state index contributed by atoms with van der Waals surface area (Å²) in [5, 5.41) is 5.04. The van der Waals surface area contributed by atoms with Crippen molar-refractivity contribution in [3.8, 4) is 11.1 Å². The first-order valence-corrected chi connectivity index (χ1v) is 8.22. The van der Waals surface area contributed by atoms with Gasteiger partial charge in [0.2, 0.25) is 0 Å². The van der Waals surface area contributed by atoms with E-state index in [0.717, 1.165) is 0 Å². The van der Waals surface area contributed by atoms with E-state index in [-0.39, 0.29) is 31.9 Å². The van der Waals surface area contributed by atoms with Gasteiger partial charge in [-0.15, -0.1) is 0 Å². The molecule has 0 aliphatic heterocycles. The SMILES string of the molecule is CC(C)n1nc(C(C)(C)C)c(-c2ccccc2)c1C(C)(C)C.[Pt]. The third-order valence-corrected chi connectivity index (χ3v) is 3.88. The maximum absolute atomic E-state index is 5.04. The Bertz CT molecular complexity index is 641. The molecule has 23 heavy (non-hydrogen) atoms. The Morgan fingerprint density at radius 2 is 1.39 bits per heavy atom. The summed E-state index contributed by atoms with van der Waals surface area (Å²) in [6, 6.07) is 11.1. The van der Waals surface area contributed by atoms with Crippen LogP contribution in [-0.4, -0.2) is 9.78 Å². The summed E-state index contributed by atoms with van der Waals surface area (Å²) in [6.45, 7) is 18.0. The molecule has 0 N–H and O–H groups in total. The van der Waals surface area contributed by atoms with E-state index in [4.69, 9.17) is 5.10 Å². The van der Waals surface area contributed by atoms with Gasteiger partial charge >= 0.3 is 0 Å². The second-order valence-electron chi connectivity index (χ2n) is 8.48. The summed E-state index contributed by atoms with van der Waals surface area (Å²) in [4.78, 5) is 0. The van der Waals surface area contributed by atoms with Crippen molar-refractivity contribution < 1.29 is 21.1 Å². The summed E-state index contributed by atoms with van der Waals surface area (Å²) in [5.41, 5.74) is 5.17. The number of hydrogen-bond acceptors (Lipinski definition) is 1. The fraction of sp³-hybridized carbons (Fsp3) is 0.550. The molecule has 0 unspecified atom stereocenters. The van der Waals surface area contributed by atoms with Crippen molar-refractivity contribution in [2.45, 2.75) is 72.3 Å². The zero-order valence-electron chi connectivity index (χ0n) is 15.7. The molecule has 1 aromatic heterocycles. The number of nitrogens with zero attached hydrogens (tertiary/aromatic N) is 2. The van der Waals surface area contributed by atoms with Crippen LogP contribution in [0.5, 0.6) is 0 Å². The minimum Gasteiger partial charge on any atom is -0.266 e. The van der Waals surface area contributed by atoms with Gasteiger partial charge in [-0.3, -0.25) is 4.68 Å². The normalized spacial score (nSPS) is 12.4. The van der Waals surface area contributed by atoms with Crippen LogP contribution in [0.25, 0.3) is 11.1 Å². The smallest absolute Gasteiger partial charge is 0.0759 e. The van der Waals surface area contributed by atoms with Gasteiger partial charge in [0.05, 0.1) is 11.4 Å². The van der Waals surface area contributed by atoms with E-state index in [2.05, 4.69) is 90.4 Å². The second-order valence-corrected chi connectivity index (χ2v) is 8.48.